The standard InChI is InChI=1S/C16H22F2N2/c1-16(13-3-4-13)11-20(8-2-7-19-16)10-12-9-14(17)5-6-15(12)18/h5-6,9,13,19H,2-4,7-8,10-11H2,1H3. The van der Waals surface area contributed by atoms with Gasteiger partial charge in [-0.05, 0) is 63.4 Å². The van der Waals surface area contributed by atoms with E-state index in [-0.39, 0.29) is 17.2 Å². The van der Waals surface area contributed by atoms with Crippen molar-refractivity contribution < 1.29 is 8.78 Å². The van der Waals surface area contributed by atoms with Crippen molar-refractivity contribution in [3.63, 3.8) is 0 Å². The highest BCUT2D eigenvalue weighted by atomic mass is 19.1. The SMILES string of the molecule is CC1(C2CC2)CN(Cc2cc(F)ccc2F)CCCN1. The Morgan fingerprint density at radius 2 is 2.15 bits per heavy atom. The van der Waals surface area contributed by atoms with Gasteiger partial charge in [0.15, 0.2) is 0 Å². The number of halogens is 2. The summed E-state index contributed by atoms with van der Waals surface area (Å²) in [5, 5.41) is 3.65. The highest BCUT2D eigenvalue weighted by Crippen LogP contribution is 2.40. The molecule has 1 unspecified atom stereocenters. The third-order valence-electron chi connectivity index (χ3n) is 4.61. The Hall–Kier alpha value is -1.00. The minimum absolute atomic E-state index is 0.125. The maximum absolute atomic E-state index is 13.8. The summed E-state index contributed by atoms with van der Waals surface area (Å²) >= 11 is 0. The molecule has 1 aromatic carbocycles. The molecule has 0 spiro atoms. The van der Waals surface area contributed by atoms with E-state index in [9.17, 15) is 8.78 Å². The zero-order valence-corrected chi connectivity index (χ0v) is 12.0. The second-order valence-corrected chi connectivity index (χ2v) is 6.42. The molecular weight excluding hydrogens is 258 g/mol. The van der Waals surface area contributed by atoms with Crippen molar-refractivity contribution in [2.45, 2.75) is 38.3 Å². The molecule has 1 aliphatic heterocycles. The van der Waals surface area contributed by atoms with Crippen LogP contribution in [0.15, 0.2) is 18.2 Å². The predicted octanol–water partition coefficient (Wildman–Crippen LogP) is 2.93. The van der Waals surface area contributed by atoms with Gasteiger partial charge in [-0.3, -0.25) is 4.90 Å². The Balaban J connectivity index is 1.73. The van der Waals surface area contributed by atoms with Gasteiger partial charge < -0.3 is 5.32 Å². The first-order valence-electron chi connectivity index (χ1n) is 7.48. The van der Waals surface area contributed by atoms with Crippen molar-refractivity contribution in [3.05, 3.63) is 35.4 Å². The molecular formula is C16H22F2N2. The second kappa shape index (κ2) is 5.41. The van der Waals surface area contributed by atoms with E-state index in [0.29, 0.717) is 12.1 Å². The number of hydrogen-bond donors (Lipinski definition) is 1. The van der Waals surface area contributed by atoms with Crippen LogP contribution in [-0.2, 0) is 6.54 Å². The molecule has 0 aromatic heterocycles. The molecule has 2 nitrogen and oxygen atoms in total. The summed E-state index contributed by atoms with van der Waals surface area (Å²) in [7, 11) is 0. The van der Waals surface area contributed by atoms with E-state index in [1.165, 1.54) is 31.0 Å². The van der Waals surface area contributed by atoms with E-state index in [1.54, 1.807) is 0 Å². The molecule has 3 rings (SSSR count). The van der Waals surface area contributed by atoms with Crippen LogP contribution in [0.2, 0.25) is 0 Å². The van der Waals surface area contributed by atoms with Gasteiger partial charge in [-0.15, -0.1) is 0 Å². The van der Waals surface area contributed by atoms with E-state index in [0.717, 1.165) is 32.0 Å². The summed E-state index contributed by atoms with van der Waals surface area (Å²) in [6.07, 6.45) is 3.62. The molecule has 1 aromatic rings. The fraction of sp³-hybridized carbons (Fsp3) is 0.625. The molecule has 0 bridgehead atoms. The van der Waals surface area contributed by atoms with Gasteiger partial charge in [-0.2, -0.15) is 0 Å². The molecule has 1 atom stereocenters. The Bertz CT molecular complexity index is 487. The van der Waals surface area contributed by atoms with Crippen LogP contribution in [0.25, 0.3) is 0 Å². The van der Waals surface area contributed by atoms with Crippen LogP contribution in [0.5, 0.6) is 0 Å². The molecule has 4 heteroatoms. The molecule has 110 valence electrons. The van der Waals surface area contributed by atoms with Crippen molar-refractivity contribution in [2.24, 2.45) is 5.92 Å². The maximum Gasteiger partial charge on any atom is 0.127 e. The molecule has 0 amide bonds. The van der Waals surface area contributed by atoms with Crippen LogP contribution >= 0.6 is 0 Å². The van der Waals surface area contributed by atoms with E-state index in [1.807, 2.05) is 0 Å². The summed E-state index contributed by atoms with van der Waals surface area (Å²) in [5.74, 6) is 0.0662. The molecule has 1 saturated heterocycles. The number of hydrogen-bond acceptors (Lipinski definition) is 2. The van der Waals surface area contributed by atoms with Gasteiger partial charge in [0.1, 0.15) is 11.6 Å². The molecule has 1 heterocycles. The fourth-order valence-corrected chi connectivity index (χ4v) is 3.31. The average molecular weight is 280 g/mol. The predicted molar refractivity (Wildman–Crippen MR) is 75.4 cm³/mol. The van der Waals surface area contributed by atoms with Gasteiger partial charge in [0, 0.05) is 24.2 Å². The first-order chi connectivity index (χ1) is 9.57. The van der Waals surface area contributed by atoms with Crippen LogP contribution in [0.4, 0.5) is 8.78 Å². The maximum atomic E-state index is 13.8. The molecule has 1 aliphatic carbocycles. The summed E-state index contributed by atoms with van der Waals surface area (Å²) in [5.41, 5.74) is 0.588. The molecule has 2 aliphatic rings. The highest BCUT2D eigenvalue weighted by Gasteiger charge is 2.42. The van der Waals surface area contributed by atoms with E-state index < -0.39 is 0 Å². The number of nitrogens with one attached hydrogen (secondary N) is 1. The summed E-state index contributed by atoms with van der Waals surface area (Å²) in [4.78, 5) is 2.26. The Morgan fingerprint density at radius 3 is 2.90 bits per heavy atom. The topological polar surface area (TPSA) is 15.3 Å². The van der Waals surface area contributed by atoms with Crippen molar-refractivity contribution >= 4 is 0 Å². The first-order valence-corrected chi connectivity index (χ1v) is 7.48. The molecule has 20 heavy (non-hydrogen) atoms. The quantitative estimate of drug-likeness (QED) is 0.916. The minimum Gasteiger partial charge on any atom is -0.310 e. The normalized spacial score (nSPS) is 28.4. The largest absolute Gasteiger partial charge is 0.310 e. The zero-order chi connectivity index (χ0) is 14.2. The minimum atomic E-state index is -0.362. The average Bonchev–Trinajstić information content (AvgIpc) is 3.22. The molecule has 2 fully saturated rings. The Labute approximate surface area is 119 Å². The highest BCUT2D eigenvalue weighted by molar-refractivity contribution is 5.19. The van der Waals surface area contributed by atoms with Gasteiger partial charge in [0.25, 0.3) is 0 Å². The van der Waals surface area contributed by atoms with Gasteiger partial charge in [-0.25, -0.2) is 8.78 Å². The van der Waals surface area contributed by atoms with E-state index in [4.69, 9.17) is 0 Å². The number of nitrogens with zero attached hydrogens (tertiary/aromatic N) is 1. The Kier molecular flexibility index (Phi) is 3.78. The number of benzene rings is 1. The third kappa shape index (κ3) is 3.01. The van der Waals surface area contributed by atoms with E-state index >= 15 is 0 Å². The first kappa shape index (κ1) is 14.0. The van der Waals surface area contributed by atoms with Gasteiger partial charge in [0.05, 0.1) is 0 Å². The lowest BCUT2D eigenvalue weighted by molar-refractivity contribution is 0.193. The fourth-order valence-electron chi connectivity index (χ4n) is 3.31. The van der Waals surface area contributed by atoms with Crippen molar-refractivity contribution in [2.75, 3.05) is 19.6 Å². The van der Waals surface area contributed by atoms with Crippen LogP contribution in [0.3, 0.4) is 0 Å². The molecule has 1 saturated carbocycles. The summed E-state index contributed by atoms with van der Waals surface area (Å²) in [6, 6.07) is 3.72. The van der Waals surface area contributed by atoms with Crippen molar-refractivity contribution in [1.29, 1.82) is 0 Å². The van der Waals surface area contributed by atoms with Crippen molar-refractivity contribution in [1.82, 2.24) is 10.2 Å². The second-order valence-electron chi connectivity index (χ2n) is 6.42. The number of rotatable bonds is 3. The molecule has 0 radical (unpaired) electrons. The zero-order valence-electron chi connectivity index (χ0n) is 12.0. The van der Waals surface area contributed by atoms with Crippen LogP contribution in [-0.4, -0.2) is 30.1 Å². The van der Waals surface area contributed by atoms with Gasteiger partial charge >= 0.3 is 0 Å². The lowest BCUT2D eigenvalue weighted by Crippen LogP contribution is -2.50. The van der Waals surface area contributed by atoms with Crippen molar-refractivity contribution in [3.8, 4) is 0 Å². The van der Waals surface area contributed by atoms with Gasteiger partial charge in [0.2, 0.25) is 0 Å². The lowest BCUT2D eigenvalue weighted by atomic mass is 9.95. The smallest absolute Gasteiger partial charge is 0.127 e. The third-order valence-corrected chi connectivity index (χ3v) is 4.61. The van der Waals surface area contributed by atoms with Crippen LogP contribution in [0, 0.1) is 17.6 Å². The van der Waals surface area contributed by atoms with E-state index in [2.05, 4.69) is 17.1 Å². The Morgan fingerprint density at radius 1 is 1.35 bits per heavy atom. The summed E-state index contributed by atoms with van der Waals surface area (Å²) < 4.78 is 27.1. The lowest BCUT2D eigenvalue weighted by Gasteiger charge is -2.34. The van der Waals surface area contributed by atoms with Gasteiger partial charge in [-0.1, -0.05) is 0 Å². The molecule has 1 N–H and O–H groups in total. The van der Waals surface area contributed by atoms with Crippen LogP contribution in [0.1, 0.15) is 31.7 Å². The monoisotopic (exact) mass is 280 g/mol. The van der Waals surface area contributed by atoms with Crippen LogP contribution < -0.4 is 5.32 Å². The summed E-state index contributed by atoms with van der Waals surface area (Å²) in [6.45, 7) is 5.62.